The zero-order chi connectivity index (χ0) is 8.85. The summed E-state index contributed by atoms with van der Waals surface area (Å²) >= 11 is 0. The standard InChI is InChI=1S/C7H10F2O2/c1-3-5(10)4-6(11-2)7(8)9/h4,7H,3H2,1-2H3/b6-4-. The Kier molecular flexibility index (Phi) is 4.41. The van der Waals surface area contributed by atoms with E-state index in [4.69, 9.17) is 0 Å². The molecule has 2 nitrogen and oxygen atoms in total. The molecular weight excluding hydrogens is 154 g/mol. The number of rotatable bonds is 4. The highest BCUT2D eigenvalue weighted by atomic mass is 19.3. The number of hydrogen-bond donors (Lipinski definition) is 0. The molecule has 0 fully saturated rings. The van der Waals surface area contributed by atoms with E-state index in [0.29, 0.717) is 0 Å². The number of alkyl halides is 2. The van der Waals surface area contributed by atoms with E-state index in [0.717, 1.165) is 13.2 Å². The zero-order valence-corrected chi connectivity index (χ0v) is 6.43. The molecule has 0 aliphatic carbocycles. The molecule has 4 heteroatoms. The van der Waals surface area contributed by atoms with Gasteiger partial charge in [0.25, 0.3) is 6.43 Å². The predicted molar refractivity (Wildman–Crippen MR) is 36.4 cm³/mol. The van der Waals surface area contributed by atoms with Crippen LogP contribution in [0, 0.1) is 0 Å². The molecule has 64 valence electrons. The van der Waals surface area contributed by atoms with Crippen LogP contribution in [0.2, 0.25) is 0 Å². The monoisotopic (exact) mass is 164 g/mol. The van der Waals surface area contributed by atoms with Gasteiger partial charge < -0.3 is 4.74 Å². The number of carbonyl (C=O) groups excluding carboxylic acids is 1. The predicted octanol–water partition coefficient (Wildman–Crippen LogP) is 1.76. The molecule has 0 saturated heterocycles. The van der Waals surface area contributed by atoms with Crippen molar-refractivity contribution in [3.8, 4) is 0 Å². The van der Waals surface area contributed by atoms with Crippen molar-refractivity contribution in [2.75, 3.05) is 7.11 Å². The average Bonchev–Trinajstić information content (AvgIpc) is 1.99. The van der Waals surface area contributed by atoms with Gasteiger partial charge in [-0.05, 0) is 0 Å². The third kappa shape index (κ3) is 3.70. The number of methoxy groups -OCH3 is 1. The van der Waals surface area contributed by atoms with Crippen LogP contribution in [0.4, 0.5) is 8.78 Å². The summed E-state index contributed by atoms with van der Waals surface area (Å²) in [6.07, 6.45) is -1.68. The molecule has 0 aromatic heterocycles. The minimum absolute atomic E-state index is 0.208. The van der Waals surface area contributed by atoms with Gasteiger partial charge >= 0.3 is 0 Å². The summed E-state index contributed by atoms with van der Waals surface area (Å²) in [5.41, 5.74) is 0. The lowest BCUT2D eigenvalue weighted by Crippen LogP contribution is -2.02. The largest absolute Gasteiger partial charge is 0.495 e. The molecule has 0 saturated carbocycles. The van der Waals surface area contributed by atoms with Crippen LogP contribution in [-0.4, -0.2) is 19.3 Å². The third-order valence-electron chi connectivity index (χ3n) is 1.10. The molecule has 0 atom stereocenters. The molecule has 0 aliphatic rings. The zero-order valence-electron chi connectivity index (χ0n) is 6.43. The van der Waals surface area contributed by atoms with Crippen LogP contribution in [0.1, 0.15) is 13.3 Å². The first-order valence-electron chi connectivity index (χ1n) is 3.18. The Morgan fingerprint density at radius 2 is 2.18 bits per heavy atom. The fourth-order valence-corrected chi connectivity index (χ4v) is 0.472. The van der Waals surface area contributed by atoms with Gasteiger partial charge in [-0.3, -0.25) is 4.79 Å². The van der Waals surface area contributed by atoms with Crippen molar-refractivity contribution in [1.82, 2.24) is 0 Å². The number of hydrogen-bond acceptors (Lipinski definition) is 2. The van der Waals surface area contributed by atoms with Crippen molar-refractivity contribution in [3.05, 3.63) is 11.8 Å². The van der Waals surface area contributed by atoms with Crippen molar-refractivity contribution < 1.29 is 18.3 Å². The van der Waals surface area contributed by atoms with Crippen LogP contribution in [0.25, 0.3) is 0 Å². The highest BCUT2D eigenvalue weighted by Gasteiger charge is 2.11. The van der Waals surface area contributed by atoms with Crippen LogP contribution in [0.5, 0.6) is 0 Å². The maximum Gasteiger partial charge on any atom is 0.294 e. The lowest BCUT2D eigenvalue weighted by atomic mass is 10.3. The molecule has 0 aliphatic heterocycles. The Morgan fingerprint density at radius 3 is 2.45 bits per heavy atom. The van der Waals surface area contributed by atoms with Crippen molar-refractivity contribution >= 4 is 5.78 Å². The lowest BCUT2D eigenvalue weighted by Gasteiger charge is -2.02. The summed E-state index contributed by atoms with van der Waals surface area (Å²) in [6.45, 7) is 1.59. The molecule has 0 unspecified atom stereocenters. The van der Waals surface area contributed by atoms with Gasteiger partial charge in [0.05, 0.1) is 7.11 Å². The number of ether oxygens (including phenoxy) is 1. The molecule has 0 aromatic carbocycles. The Hall–Kier alpha value is -0.930. The van der Waals surface area contributed by atoms with Crippen LogP contribution in [0.15, 0.2) is 11.8 Å². The first kappa shape index (κ1) is 10.1. The molecule has 0 amide bonds. The minimum atomic E-state index is -2.71. The number of carbonyl (C=O) groups is 1. The number of halogens is 2. The second kappa shape index (κ2) is 4.82. The van der Waals surface area contributed by atoms with Crippen molar-refractivity contribution in [2.45, 2.75) is 19.8 Å². The van der Waals surface area contributed by atoms with E-state index >= 15 is 0 Å². The summed E-state index contributed by atoms with van der Waals surface area (Å²) in [4.78, 5) is 10.6. The van der Waals surface area contributed by atoms with Gasteiger partial charge in [0.1, 0.15) is 0 Å². The van der Waals surface area contributed by atoms with Gasteiger partial charge in [-0.2, -0.15) is 0 Å². The normalized spacial score (nSPS) is 11.9. The molecule has 0 aromatic rings. The van der Waals surface area contributed by atoms with Crippen molar-refractivity contribution in [3.63, 3.8) is 0 Å². The van der Waals surface area contributed by atoms with Crippen LogP contribution in [-0.2, 0) is 9.53 Å². The van der Waals surface area contributed by atoms with E-state index in [1.54, 1.807) is 6.92 Å². The lowest BCUT2D eigenvalue weighted by molar-refractivity contribution is -0.114. The Morgan fingerprint density at radius 1 is 1.64 bits per heavy atom. The van der Waals surface area contributed by atoms with Crippen LogP contribution < -0.4 is 0 Å². The van der Waals surface area contributed by atoms with Gasteiger partial charge in [-0.1, -0.05) is 6.92 Å². The molecule has 0 spiro atoms. The SMILES string of the molecule is CCC(=O)/C=C(\OC)C(F)F. The molecular formula is C7H10F2O2. The van der Waals surface area contributed by atoms with Gasteiger partial charge in [0.2, 0.25) is 0 Å². The molecule has 11 heavy (non-hydrogen) atoms. The summed E-state index contributed by atoms with van der Waals surface area (Å²) < 4.78 is 28.0. The van der Waals surface area contributed by atoms with E-state index in [-0.39, 0.29) is 12.2 Å². The van der Waals surface area contributed by atoms with Crippen LogP contribution in [0.3, 0.4) is 0 Å². The molecule has 0 heterocycles. The Bertz CT molecular complexity index is 164. The van der Waals surface area contributed by atoms with Crippen molar-refractivity contribution in [1.29, 1.82) is 0 Å². The maximum absolute atomic E-state index is 11.9. The van der Waals surface area contributed by atoms with Gasteiger partial charge in [0, 0.05) is 12.5 Å². The summed E-state index contributed by atoms with van der Waals surface area (Å²) in [7, 11) is 1.11. The number of ketones is 1. The summed E-state index contributed by atoms with van der Waals surface area (Å²) in [6, 6.07) is 0. The van der Waals surface area contributed by atoms with Gasteiger partial charge in [-0.25, -0.2) is 8.78 Å². The van der Waals surface area contributed by atoms with E-state index < -0.39 is 12.2 Å². The average molecular weight is 164 g/mol. The van der Waals surface area contributed by atoms with Crippen LogP contribution >= 0.6 is 0 Å². The van der Waals surface area contributed by atoms with E-state index in [1.165, 1.54) is 0 Å². The third-order valence-corrected chi connectivity index (χ3v) is 1.10. The first-order valence-corrected chi connectivity index (χ1v) is 3.18. The summed E-state index contributed by atoms with van der Waals surface area (Å²) in [5.74, 6) is -0.931. The second-order valence-electron chi connectivity index (χ2n) is 1.87. The van der Waals surface area contributed by atoms with Gasteiger partial charge in [-0.15, -0.1) is 0 Å². The highest BCUT2D eigenvalue weighted by Crippen LogP contribution is 2.08. The molecule has 0 N–H and O–H groups in total. The smallest absolute Gasteiger partial charge is 0.294 e. The second-order valence-corrected chi connectivity index (χ2v) is 1.87. The summed E-state index contributed by atoms with van der Waals surface area (Å²) in [5, 5.41) is 0. The Balaban J connectivity index is 4.23. The molecule has 0 bridgehead atoms. The quantitative estimate of drug-likeness (QED) is 0.467. The minimum Gasteiger partial charge on any atom is -0.495 e. The van der Waals surface area contributed by atoms with Gasteiger partial charge in [0.15, 0.2) is 11.5 Å². The topological polar surface area (TPSA) is 26.3 Å². The van der Waals surface area contributed by atoms with E-state index in [1.807, 2.05) is 0 Å². The molecule has 0 rings (SSSR count). The first-order chi connectivity index (χ1) is 5.11. The number of allylic oxidation sites excluding steroid dienone is 2. The molecule has 0 radical (unpaired) electrons. The van der Waals surface area contributed by atoms with E-state index in [9.17, 15) is 13.6 Å². The highest BCUT2D eigenvalue weighted by molar-refractivity contribution is 5.89. The fraction of sp³-hybridized carbons (Fsp3) is 0.571. The van der Waals surface area contributed by atoms with E-state index in [2.05, 4.69) is 4.74 Å². The fourth-order valence-electron chi connectivity index (χ4n) is 0.472. The van der Waals surface area contributed by atoms with Crippen molar-refractivity contribution in [2.24, 2.45) is 0 Å². The Labute approximate surface area is 63.8 Å². The maximum atomic E-state index is 11.9.